The molecular formula is C25H18F6O5S. The first-order chi connectivity index (χ1) is 17.4. The summed E-state index contributed by atoms with van der Waals surface area (Å²) in [6.45, 7) is -0.516. The van der Waals surface area contributed by atoms with Gasteiger partial charge in [0.25, 0.3) is 0 Å². The third kappa shape index (κ3) is 8.98. The number of benzene rings is 3. The summed E-state index contributed by atoms with van der Waals surface area (Å²) in [6.07, 6.45) is -8.58. The number of alkyl halides is 6. The second kappa shape index (κ2) is 12.0. The summed E-state index contributed by atoms with van der Waals surface area (Å²) in [4.78, 5) is 11.3. The molecule has 0 fully saturated rings. The summed E-state index contributed by atoms with van der Waals surface area (Å²) in [5, 5.41) is 8.67. The molecule has 0 radical (unpaired) electrons. The second-order valence-electron chi connectivity index (χ2n) is 7.17. The number of carbonyl (C=O) groups is 1. The van der Waals surface area contributed by atoms with E-state index in [0.717, 1.165) is 12.1 Å². The van der Waals surface area contributed by atoms with Crippen molar-refractivity contribution in [1.82, 2.24) is 0 Å². The lowest BCUT2D eigenvalue weighted by molar-refractivity contribution is -0.275. The number of hydrogen-bond acceptors (Lipinski definition) is 5. The molecule has 0 aliphatic rings. The van der Waals surface area contributed by atoms with E-state index >= 15 is 0 Å². The first-order valence-electron chi connectivity index (χ1n) is 10.4. The number of hydrogen-bond donors (Lipinski definition) is 1. The van der Waals surface area contributed by atoms with Crippen LogP contribution in [0.5, 0.6) is 17.2 Å². The first kappa shape index (κ1) is 27.8. The molecule has 37 heavy (non-hydrogen) atoms. The Morgan fingerprint density at radius 3 is 1.73 bits per heavy atom. The van der Waals surface area contributed by atoms with Crippen molar-refractivity contribution >= 4 is 23.3 Å². The van der Waals surface area contributed by atoms with Gasteiger partial charge in [0.2, 0.25) is 0 Å². The Labute approximate surface area is 211 Å². The monoisotopic (exact) mass is 544 g/mol. The van der Waals surface area contributed by atoms with E-state index in [9.17, 15) is 31.1 Å². The SMILES string of the molecule is O=C(O)COc1ccc(SCC=C(c2ccccc2OC(F)(F)F)c2ccccc2OC(F)(F)F)cc1. The number of halogens is 6. The summed E-state index contributed by atoms with van der Waals surface area (Å²) < 4.78 is 91.5. The van der Waals surface area contributed by atoms with E-state index in [2.05, 4.69) is 9.47 Å². The molecule has 0 bridgehead atoms. The molecule has 0 aromatic heterocycles. The van der Waals surface area contributed by atoms with Crippen LogP contribution in [0.15, 0.2) is 83.8 Å². The molecule has 12 heteroatoms. The molecule has 3 rings (SSSR count). The Morgan fingerprint density at radius 1 is 0.784 bits per heavy atom. The number of rotatable bonds is 10. The van der Waals surface area contributed by atoms with Crippen molar-refractivity contribution in [2.24, 2.45) is 0 Å². The molecular weight excluding hydrogens is 526 g/mol. The summed E-state index contributed by atoms with van der Waals surface area (Å²) >= 11 is 1.23. The van der Waals surface area contributed by atoms with E-state index in [1.807, 2.05) is 0 Å². The highest BCUT2D eigenvalue weighted by atomic mass is 32.2. The van der Waals surface area contributed by atoms with Gasteiger partial charge in [0, 0.05) is 21.8 Å². The minimum atomic E-state index is -5.03. The highest BCUT2D eigenvalue weighted by molar-refractivity contribution is 7.99. The lowest BCUT2D eigenvalue weighted by atomic mass is 9.96. The molecule has 3 aromatic rings. The summed E-state index contributed by atoms with van der Waals surface area (Å²) in [5.41, 5.74) is -0.138. The van der Waals surface area contributed by atoms with Gasteiger partial charge < -0.3 is 19.3 Å². The average molecular weight is 544 g/mol. The maximum atomic E-state index is 13.0. The number of aliphatic carboxylic acids is 1. The number of thioether (sulfide) groups is 1. The zero-order valence-corrected chi connectivity index (χ0v) is 19.5. The van der Waals surface area contributed by atoms with Gasteiger partial charge in [0.15, 0.2) is 6.61 Å². The summed E-state index contributed by atoms with van der Waals surface area (Å²) in [7, 11) is 0. The molecule has 0 atom stereocenters. The topological polar surface area (TPSA) is 65.0 Å². The predicted molar refractivity (Wildman–Crippen MR) is 124 cm³/mol. The maximum Gasteiger partial charge on any atom is 0.573 e. The van der Waals surface area contributed by atoms with Gasteiger partial charge in [0.05, 0.1) is 0 Å². The third-order valence-corrected chi connectivity index (χ3v) is 5.47. The Balaban J connectivity index is 1.96. The number of para-hydroxylation sites is 2. The van der Waals surface area contributed by atoms with E-state index in [-0.39, 0.29) is 22.5 Å². The van der Waals surface area contributed by atoms with Crippen LogP contribution in [0.1, 0.15) is 11.1 Å². The molecule has 3 aromatic carbocycles. The maximum absolute atomic E-state index is 13.0. The zero-order chi connectivity index (χ0) is 27.1. The fourth-order valence-corrected chi connectivity index (χ4v) is 3.94. The summed E-state index contributed by atoms with van der Waals surface area (Å²) in [5.74, 6) is -1.85. The van der Waals surface area contributed by atoms with E-state index in [0.29, 0.717) is 10.6 Å². The van der Waals surface area contributed by atoms with Crippen molar-refractivity contribution in [2.75, 3.05) is 12.4 Å². The number of ether oxygens (including phenoxy) is 3. The molecule has 0 aliphatic heterocycles. The fourth-order valence-electron chi connectivity index (χ4n) is 3.17. The predicted octanol–water partition coefficient (Wildman–Crippen LogP) is 7.17. The normalized spacial score (nSPS) is 11.5. The van der Waals surface area contributed by atoms with Crippen LogP contribution in [0.3, 0.4) is 0 Å². The second-order valence-corrected chi connectivity index (χ2v) is 8.26. The Morgan fingerprint density at radius 2 is 1.27 bits per heavy atom. The van der Waals surface area contributed by atoms with Crippen LogP contribution in [0.4, 0.5) is 26.3 Å². The van der Waals surface area contributed by atoms with Crippen LogP contribution >= 0.6 is 11.8 Å². The van der Waals surface area contributed by atoms with Crippen LogP contribution in [0, 0.1) is 0 Å². The van der Waals surface area contributed by atoms with E-state index in [4.69, 9.17) is 9.84 Å². The quantitative estimate of drug-likeness (QED) is 0.216. The van der Waals surface area contributed by atoms with Gasteiger partial charge in [-0.25, -0.2) is 4.79 Å². The molecule has 0 saturated carbocycles. The van der Waals surface area contributed by atoms with E-state index < -0.39 is 36.8 Å². The van der Waals surface area contributed by atoms with Gasteiger partial charge in [-0.05, 0) is 42.0 Å². The van der Waals surface area contributed by atoms with Gasteiger partial charge in [-0.3, -0.25) is 0 Å². The van der Waals surface area contributed by atoms with Gasteiger partial charge in [-0.15, -0.1) is 38.1 Å². The molecule has 0 aliphatic carbocycles. The Hall–Kier alpha value is -3.80. The van der Waals surface area contributed by atoms with Crippen LogP contribution in [-0.2, 0) is 4.79 Å². The molecule has 0 amide bonds. The van der Waals surface area contributed by atoms with Gasteiger partial charge >= 0.3 is 18.7 Å². The molecule has 0 heterocycles. The van der Waals surface area contributed by atoms with E-state index in [1.54, 1.807) is 12.1 Å². The van der Waals surface area contributed by atoms with Crippen LogP contribution in [0.25, 0.3) is 5.57 Å². The van der Waals surface area contributed by atoms with Crippen LogP contribution in [0.2, 0.25) is 0 Å². The van der Waals surface area contributed by atoms with Crippen molar-refractivity contribution in [2.45, 2.75) is 17.6 Å². The van der Waals surface area contributed by atoms with Gasteiger partial charge in [0.1, 0.15) is 17.2 Å². The minimum Gasteiger partial charge on any atom is -0.482 e. The average Bonchev–Trinajstić information content (AvgIpc) is 2.80. The Kier molecular flexibility index (Phi) is 8.98. The van der Waals surface area contributed by atoms with Crippen molar-refractivity contribution in [1.29, 1.82) is 0 Å². The van der Waals surface area contributed by atoms with E-state index in [1.165, 1.54) is 66.4 Å². The van der Waals surface area contributed by atoms with Crippen molar-refractivity contribution in [3.05, 3.63) is 90.0 Å². The third-order valence-electron chi connectivity index (χ3n) is 4.53. The number of carboxylic acid groups (broad SMARTS) is 1. The lowest BCUT2D eigenvalue weighted by Gasteiger charge is -2.19. The van der Waals surface area contributed by atoms with Gasteiger partial charge in [-0.1, -0.05) is 42.5 Å². The molecule has 1 N–H and O–H groups in total. The van der Waals surface area contributed by atoms with Crippen molar-refractivity contribution < 1.29 is 50.5 Å². The smallest absolute Gasteiger partial charge is 0.482 e. The molecule has 0 spiro atoms. The highest BCUT2D eigenvalue weighted by Crippen LogP contribution is 2.39. The van der Waals surface area contributed by atoms with Crippen LogP contribution < -0.4 is 14.2 Å². The zero-order valence-electron chi connectivity index (χ0n) is 18.7. The standard InChI is InChI=1S/C25H18F6O5S/c26-24(27,28)35-21-7-3-1-5-19(21)18(20-6-2-4-8-22(20)36-25(29,30)31)13-14-37-17-11-9-16(10-12-17)34-15-23(32)33/h1-13H,14-15H2,(H,32,33). The largest absolute Gasteiger partial charge is 0.573 e. The minimum absolute atomic E-state index is 0.0358. The summed E-state index contributed by atoms with van der Waals surface area (Å²) in [6, 6.07) is 16.6. The Bertz CT molecular complexity index is 1180. The lowest BCUT2D eigenvalue weighted by Crippen LogP contribution is -2.19. The van der Waals surface area contributed by atoms with Gasteiger partial charge in [-0.2, -0.15) is 0 Å². The molecule has 196 valence electrons. The molecule has 0 unspecified atom stereocenters. The molecule has 5 nitrogen and oxygen atoms in total. The van der Waals surface area contributed by atoms with Crippen molar-refractivity contribution in [3.8, 4) is 17.2 Å². The molecule has 0 saturated heterocycles. The van der Waals surface area contributed by atoms with Crippen LogP contribution in [-0.4, -0.2) is 36.2 Å². The highest BCUT2D eigenvalue weighted by Gasteiger charge is 2.34. The van der Waals surface area contributed by atoms with Crippen molar-refractivity contribution in [3.63, 3.8) is 0 Å². The number of carboxylic acids is 1. The first-order valence-corrected chi connectivity index (χ1v) is 11.4. The fraction of sp³-hybridized carbons (Fsp3) is 0.160.